The lowest BCUT2D eigenvalue weighted by molar-refractivity contribution is -0.158. The van der Waals surface area contributed by atoms with Crippen LogP contribution in [0, 0.1) is 0 Å². The third kappa shape index (κ3) is 6.05. The van der Waals surface area contributed by atoms with E-state index < -0.39 is 5.60 Å². The van der Waals surface area contributed by atoms with E-state index in [0.717, 1.165) is 0 Å². The van der Waals surface area contributed by atoms with Gasteiger partial charge in [-0.3, -0.25) is 9.59 Å². The molecule has 0 bridgehead atoms. The number of carbonyl (C=O) groups is 2. The van der Waals surface area contributed by atoms with Crippen LogP contribution in [0.15, 0.2) is 0 Å². The molecule has 1 aliphatic rings. The Kier molecular flexibility index (Phi) is 5.35. The number of carbonyl (C=O) groups excluding carboxylic acids is 2. The summed E-state index contributed by atoms with van der Waals surface area (Å²) in [6, 6.07) is 0. The van der Waals surface area contributed by atoms with Gasteiger partial charge in [-0.15, -0.1) is 0 Å². The van der Waals surface area contributed by atoms with Crippen molar-refractivity contribution in [3.63, 3.8) is 0 Å². The molecule has 0 atom stereocenters. The first kappa shape index (κ1) is 16.0. The number of hydrogen-bond donors (Lipinski definition) is 0. The summed E-state index contributed by atoms with van der Waals surface area (Å²) in [6.07, 6.45) is 0.681. The molecule has 0 spiro atoms. The lowest BCUT2D eigenvalue weighted by Gasteiger charge is -2.39. The lowest BCUT2D eigenvalue weighted by Crippen LogP contribution is -2.55. The van der Waals surface area contributed by atoms with Crippen molar-refractivity contribution in [3.05, 3.63) is 0 Å². The fraction of sp³-hybridized carbons (Fsp3) is 0.857. The van der Waals surface area contributed by atoms with Gasteiger partial charge >= 0.3 is 5.97 Å². The van der Waals surface area contributed by atoms with Crippen LogP contribution in [-0.2, 0) is 19.1 Å². The van der Waals surface area contributed by atoms with Crippen LogP contribution in [-0.4, -0.2) is 47.7 Å². The van der Waals surface area contributed by atoms with Gasteiger partial charge in [0.15, 0.2) is 0 Å². The summed E-state index contributed by atoms with van der Waals surface area (Å²) in [4.78, 5) is 25.0. The molecule has 1 saturated heterocycles. The SMILES string of the molecule is CC(C)OC1CN(C(=O)CCC(=O)OC(C)(C)C)C1. The first-order valence-electron chi connectivity index (χ1n) is 6.82. The quantitative estimate of drug-likeness (QED) is 0.715. The van der Waals surface area contributed by atoms with Crippen molar-refractivity contribution in [1.29, 1.82) is 0 Å². The van der Waals surface area contributed by atoms with Gasteiger partial charge in [0.25, 0.3) is 0 Å². The van der Waals surface area contributed by atoms with E-state index in [9.17, 15) is 9.59 Å². The molecule has 1 heterocycles. The Morgan fingerprint density at radius 3 is 2.26 bits per heavy atom. The van der Waals surface area contributed by atoms with Crippen LogP contribution in [0.3, 0.4) is 0 Å². The van der Waals surface area contributed by atoms with E-state index in [0.29, 0.717) is 13.1 Å². The third-order valence-electron chi connectivity index (χ3n) is 2.63. The molecule has 0 radical (unpaired) electrons. The Bertz CT molecular complexity index is 327. The highest BCUT2D eigenvalue weighted by atomic mass is 16.6. The highest BCUT2D eigenvalue weighted by Crippen LogP contribution is 2.16. The summed E-state index contributed by atoms with van der Waals surface area (Å²) in [5.41, 5.74) is -0.493. The van der Waals surface area contributed by atoms with E-state index in [-0.39, 0.29) is 36.9 Å². The highest BCUT2D eigenvalue weighted by Gasteiger charge is 2.31. The molecule has 0 aromatic heterocycles. The van der Waals surface area contributed by atoms with Crippen LogP contribution in [0.25, 0.3) is 0 Å². The van der Waals surface area contributed by atoms with Crippen molar-refractivity contribution in [1.82, 2.24) is 4.90 Å². The molecular weight excluding hydrogens is 246 g/mol. The fourth-order valence-corrected chi connectivity index (χ4v) is 1.87. The standard InChI is InChI=1S/C14H25NO4/c1-10(2)18-11-8-15(9-11)12(16)6-7-13(17)19-14(3,4)5/h10-11H,6-9H2,1-5H3. The Balaban J connectivity index is 2.18. The van der Waals surface area contributed by atoms with Gasteiger partial charge < -0.3 is 14.4 Å². The molecule has 0 aromatic carbocycles. The maximum absolute atomic E-state index is 11.8. The number of likely N-dealkylation sites (tertiary alicyclic amines) is 1. The smallest absolute Gasteiger partial charge is 0.306 e. The van der Waals surface area contributed by atoms with Gasteiger partial charge in [0, 0.05) is 19.5 Å². The number of esters is 1. The van der Waals surface area contributed by atoms with Crippen LogP contribution in [0.4, 0.5) is 0 Å². The number of rotatable bonds is 5. The zero-order valence-electron chi connectivity index (χ0n) is 12.6. The molecule has 1 amide bonds. The van der Waals surface area contributed by atoms with Gasteiger partial charge in [-0.05, 0) is 34.6 Å². The van der Waals surface area contributed by atoms with Crippen LogP contribution >= 0.6 is 0 Å². The monoisotopic (exact) mass is 271 g/mol. The van der Waals surface area contributed by atoms with E-state index >= 15 is 0 Å². The minimum Gasteiger partial charge on any atom is -0.460 e. The zero-order chi connectivity index (χ0) is 14.6. The minimum atomic E-state index is -0.493. The first-order chi connectivity index (χ1) is 8.67. The van der Waals surface area contributed by atoms with Gasteiger partial charge in [-0.25, -0.2) is 0 Å². The average Bonchev–Trinajstić information content (AvgIpc) is 2.16. The van der Waals surface area contributed by atoms with Crippen LogP contribution in [0.2, 0.25) is 0 Å². The van der Waals surface area contributed by atoms with E-state index in [2.05, 4.69) is 0 Å². The minimum absolute atomic E-state index is 0.00512. The molecule has 110 valence electrons. The van der Waals surface area contributed by atoms with Crippen molar-refractivity contribution < 1.29 is 19.1 Å². The second-order valence-corrected chi connectivity index (χ2v) is 6.19. The molecule has 0 N–H and O–H groups in total. The summed E-state index contributed by atoms with van der Waals surface area (Å²) >= 11 is 0. The number of amides is 1. The maximum Gasteiger partial charge on any atom is 0.306 e. The predicted octanol–water partition coefficient (Wildman–Crippen LogP) is 1.74. The summed E-state index contributed by atoms with van der Waals surface area (Å²) in [7, 11) is 0. The van der Waals surface area contributed by atoms with Crippen molar-refractivity contribution in [2.24, 2.45) is 0 Å². The fourth-order valence-electron chi connectivity index (χ4n) is 1.87. The van der Waals surface area contributed by atoms with Gasteiger partial charge in [0.05, 0.1) is 18.6 Å². The zero-order valence-corrected chi connectivity index (χ0v) is 12.6. The van der Waals surface area contributed by atoms with Gasteiger partial charge in [0.2, 0.25) is 5.91 Å². The van der Waals surface area contributed by atoms with Crippen molar-refractivity contribution >= 4 is 11.9 Å². The molecule has 1 aliphatic heterocycles. The van der Waals surface area contributed by atoms with Crippen molar-refractivity contribution in [3.8, 4) is 0 Å². The summed E-state index contributed by atoms with van der Waals surface area (Å²) in [5.74, 6) is -0.328. The van der Waals surface area contributed by atoms with Crippen LogP contribution < -0.4 is 0 Å². The molecule has 0 aromatic rings. The molecule has 1 fully saturated rings. The topological polar surface area (TPSA) is 55.8 Å². The van der Waals surface area contributed by atoms with Gasteiger partial charge in [-0.1, -0.05) is 0 Å². The van der Waals surface area contributed by atoms with Crippen LogP contribution in [0.1, 0.15) is 47.5 Å². The maximum atomic E-state index is 11.8. The highest BCUT2D eigenvalue weighted by molar-refractivity contribution is 5.82. The van der Waals surface area contributed by atoms with Gasteiger partial charge in [0.1, 0.15) is 5.60 Å². The second kappa shape index (κ2) is 6.37. The number of hydrogen-bond acceptors (Lipinski definition) is 4. The van der Waals surface area contributed by atoms with Crippen molar-refractivity contribution in [2.75, 3.05) is 13.1 Å². The van der Waals surface area contributed by atoms with Crippen LogP contribution in [0.5, 0.6) is 0 Å². The third-order valence-corrected chi connectivity index (χ3v) is 2.63. The molecular formula is C14H25NO4. The molecule has 0 unspecified atom stereocenters. The Hall–Kier alpha value is -1.10. The molecule has 19 heavy (non-hydrogen) atoms. The number of nitrogens with zero attached hydrogens (tertiary/aromatic N) is 1. The largest absolute Gasteiger partial charge is 0.460 e. The summed E-state index contributed by atoms with van der Waals surface area (Å²) in [6.45, 7) is 10.7. The molecule has 5 heteroatoms. The normalized spacial score (nSPS) is 16.4. The second-order valence-electron chi connectivity index (χ2n) is 6.19. The summed E-state index contributed by atoms with van der Waals surface area (Å²) in [5, 5.41) is 0. The summed E-state index contributed by atoms with van der Waals surface area (Å²) < 4.78 is 10.7. The van der Waals surface area contributed by atoms with E-state index in [4.69, 9.17) is 9.47 Å². The lowest BCUT2D eigenvalue weighted by atomic mass is 10.1. The van der Waals surface area contributed by atoms with E-state index in [1.165, 1.54) is 0 Å². The van der Waals surface area contributed by atoms with Crippen molar-refractivity contribution in [2.45, 2.75) is 65.3 Å². The van der Waals surface area contributed by atoms with Gasteiger partial charge in [-0.2, -0.15) is 0 Å². The number of ether oxygens (including phenoxy) is 2. The first-order valence-corrected chi connectivity index (χ1v) is 6.82. The molecule has 0 saturated carbocycles. The van der Waals surface area contributed by atoms with E-state index in [1.807, 2.05) is 34.6 Å². The van der Waals surface area contributed by atoms with E-state index in [1.54, 1.807) is 4.90 Å². The Morgan fingerprint density at radius 2 is 1.79 bits per heavy atom. The molecule has 5 nitrogen and oxygen atoms in total. The molecule has 0 aliphatic carbocycles. The predicted molar refractivity (Wildman–Crippen MR) is 71.7 cm³/mol. The Labute approximate surface area is 115 Å². The molecule has 1 rings (SSSR count). The average molecular weight is 271 g/mol. The Morgan fingerprint density at radius 1 is 1.21 bits per heavy atom.